The van der Waals surface area contributed by atoms with Crippen molar-refractivity contribution in [2.24, 2.45) is 5.92 Å². The van der Waals surface area contributed by atoms with Crippen LogP contribution in [0.15, 0.2) is 51.7 Å². The molecule has 3 N–H and O–H groups in total. The van der Waals surface area contributed by atoms with E-state index >= 15 is 0 Å². The normalized spacial score (nSPS) is 13.7. The molecule has 2 amide bonds. The zero-order valence-electron chi connectivity index (χ0n) is 20.5. The summed E-state index contributed by atoms with van der Waals surface area (Å²) in [5, 5.41) is 9.22. The first-order valence-electron chi connectivity index (χ1n) is 12.1. The van der Waals surface area contributed by atoms with E-state index in [1.54, 1.807) is 18.2 Å². The first kappa shape index (κ1) is 25.1. The van der Waals surface area contributed by atoms with Gasteiger partial charge in [-0.3, -0.25) is 14.4 Å². The minimum atomic E-state index is -0.554. The van der Waals surface area contributed by atoms with Gasteiger partial charge in [-0.2, -0.15) is 0 Å². The number of carbonyl (C=O) groups excluding carboxylic acids is 2. The summed E-state index contributed by atoms with van der Waals surface area (Å²) in [5.74, 6) is 0.364. The number of anilines is 2. The van der Waals surface area contributed by atoms with Crippen LogP contribution < -0.4 is 30.9 Å². The molecule has 0 unspecified atom stereocenters. The van der Waals surface area contributed by atoms with Gasteiger partial charge in [-0.1, -0.05) is 19.3 Å². The molecule has 0 atom stereocenters. The van der Waals surface area contributed by atoms with Crippen molar-refractivity contribution in [3.63, 3.8) is 0 Å². The molecule has 4 rings (SSSR count). The minimum Gasteiger partial charge on any atom is -0.496 e. The largest absolute Gasteiger partial charge is 0.496 e. The maximum Gasteiger partial charge on any atom is 0.291 e. The molecular weight excluding hydrogens is 462 g/mol. The van der Waals surface area contributed by atoms with Gasteiger partial charge in [-0.15, -0.1) is 0 Å². The van der Waals surface area contributed by atoms with E-state index in [9.17, 15) is 14.4 Å². The van der Waals surface area contributed by atoms with E-state index < -0.39 is 11.3 Å². The van der Waals surface area contributed by atoms with Gasteiger partial charge in [-0.05, 0) is 37.1 Å². The molecule has 0 spiro atoms. The lowest BCUT2D eigenvalue weighted by Gasteiger charge is -2.20. The molecule has 0 bridgehead atoms. The van der Waals surface area contributed by atoms with Crippen molar-refractivity contribution >= 4 is 34.2 Å². The second-order valence-electron chi connectivity index (χ2n) is 8.76. The van der Waals surface area contributed by atoms with E-state index in [0.29, 0.717) is 30.3 Å². The minimum absolute atomic E-state index is 0.126. The molecule has 36 heavy (non-hydrogen) atoms. The summed E-state index contributed by atoms with van der Waals surface area (Å²) in [6.07, 6.45) is 5.46. The summed E-state index contributed by atoms with van der Waals surface area (Å²) in [4.78, 5) is 37.6. The van der Waals surface area contributed by atoms with Crippen LogP contribution in [-0.2, 0) is 4.79 Å². The molecule has 1 aliphatic rings. The first-order valence-corrected chi connectivity index (χ1v) is 12.1. The number of nitrogens with one attached hydrogen (secondary N) is 3. The third-order valence-corrected chi connectivity index (χ3v) is 6.32. The van der Waals surface area contributed by atoms with Crippen molar-refractivity contribution in [3.05, 3.63) is 58.4 Å². The number of fused-ring (bicyclic) bond motifs is 1. The quantitative estimate of drug-likeness (QED) is 0.383. The Hall–Kier alpha value is -4.01. The van der Waals surface area contributed by atoms with Crippen molar-refractivity contribution in [2.45, 2.75) is 32.1 Å². The molecule has 0 saturated heterocycles. The molecular formula is C27H31N3O6. The predicted octanol–water partition coefficient (Wildman–Crippen LogP) is 4.17. The highest BCUT2D eigenvalue weighted by atomic mass is 16.5. The van der Waals surface area contributed by atoms with E-state index in [1.807, 2.05) is 12.1 Å². The van der Waals surface area contributed by atoms with E-state index in [2.05, 4.69) is 16.0 Å². The highest BCUT2D eigenvalue weighted by Gasteiger charge is 2.20. The van der Waals surface area contributed by atoms with E-state index in [4.69, 9.17) is 13.9 Å². The fraction of sp³-hybridized carbons (Fsp3) is 0.370. The summed E-state index contributed by atoms with van der Waals surface area (Å²) in [5.41, 5.74) is 1.20. The highest BCUT2D eigenvalue weighted by Crippen LogP contribution is 2.29. The van der Waals surface area contributed by atoms with Gasteiger partial charge in [-0.25, -0.2) is 0 Å². The average Bonchev–Trinajstić information content (AvgIpc) is 2.91. The first-order chi connectivity index (χ1) is 17.5. The molecule has 1 aliphatic carbocycles. The number of ether oxygens (including phenoxy) is 2. The predicted molar refractivity (Wildman–Crippen MR) is 138 cm³/mol. The van der Waals surface area contributed by atoms with Crippen LogP contribution in [0, 0.1) is 5.92 Å². The SMILES string of the molecule is COc1cc(OC)c2c(=O)cc(C(=O)Nc3ccc(NCCNC(=O)C4CCCCC4)cc3)oc2c1. The van der Waals surface area contributed by atoms with Gasteiger partial charge in [0.1, 0.15) is 22.5 Å². The van der Waals surface area contributed by atoms with Crippen molar-refractivity contribution in [1.82, 2.24) is 5.32 Å². The molecule has 3 aromatic rings. The molecule has 1 heterocycles. The van der Waals surface area contributed by atoms with Gasteiger partial charge in [0.2, 0.25) is 5.91 Å². The summed E-state index contributed by atoms with van der Waals surface area (Å²) in [7, 11) is 2.93. The number of hydrogen-bond acceptors (Lipinski definition) is 7. The summed E-state index contributed by atoms with van der Waals surface area (Å²) < 4.78 is 16.2. The van der Waals surface area contributed by atoms with Crippen LogP contribution in [0.25, 0.3) is 11.0 Å². The Balaban J connectivity index is 1.33. The second kappa shape index (κ2) is 11.6. The van der Waals surface area contributed by atoms with Crippen molar-refractivity contribution in [3.8, 4) is 11.5 Å². The molecule has 0 aliphatic heterocycles. The van der Waals surface area contributed by atoms with Crippen molar-refractivity contribution < 1.29 is 23.5 Å². The molecule has 9 heteroatoms. The maximum atomic E-state index is 12.7. The van der Waals surface area contributed by atoms with Gasteiger partial charge in [0.05, 0.1) is 14.2 Å². The Bertz CT molecular complexity index is 1280. The third kappa shape index (κ3) is 5.97. The van der Waals surface area contributed by atoms with Crippen LogP contribution >= 0.6 is 0 Å². The zero-order chi connectivity index (χ0) is 25.5. The standard InChI is InChI=1S/C27H31N3O6/c1-34-20-14-22(35-2)25-21(31)16-24(36-23(25)15-20)27(33)30-19-10-8-18(9-11-19)28-12-13-29-26(32)17-6-4-3-5-7-17/h8-11,14-17,28H,3-7,12-13H2,1-2H3,(H,29,32)(H,30,33). The van der Waals surface area contributed by atoms with Crippen LogP contribution in [0.2, 0.25) is 0 Å². The molecule has 1 aromatic heterocycles. The van der Waals surface area contributed by atoms with Gasteiger partial charge in [0.25, 0.3) is 5.91 Å². The van der Waals surface area contributed by atoms with Crippen LogP contribution in [0.5, 0.6) is 11.5 Å². The number of hydrogen-bond donors (Lipinski definition) is 3. The topological polar surface area (TPSA) is 119 Å². The fourth-order valence-corrected chi connectivity index (χ4v) is 4.38. The Morgan fingerprint density at radius 2 is 1.67 bits per heavy atom. The van der Waals surface area contributed by atoms with Gasteiger partial charge in [0.15, 0.2) is 11.2 Å². The van der Waals surface area contributed by atoms with E-state index in [1.165, 1.54) is 26.7 Å². The smallest absolute Gasteiger partial charge is 0.291 e. The Labute approximate surface area is 209 Å². The monoisotopic (exact) mass is 493 g/mol. The fourth-order valence-electron chi connectivity index (χ4n) is 4.38. The van der Waals surface area contributed by atoms with Crippen molar-refractivity contribution in [1.29, 1.82) is 0 Å². The molecule has 0 radical (unpaired) electrons. The van der Waals surface area contributed by atoms with Gasteiger partial charge in [0, 0.05) is 48.6 Å². The average molecular weight is 494 g/mol. The maximum absolute atomic E-state index is 12.7. The van der Waals surface area contributed by atoms with E-state index in [-0.39, 0.29) is 28.6 Å². The highest BCUT2D eigenvalue weighted by molar-refractivity contribution is 6.03. The molecule has 1 fully saturated rings. The summed E-state index contributed by atoms with van der Waals surface area (Å²) in [6.45, 7) is 1.14. The number of benzene rings is 2. The summed E-state index contributed by atoms with van der Waals surface area (Å²) in [6, 6.07) is 11.4. The third-order valence-electron chi connectivity index (χ3n) is 6.32. The number of amides is 2. The van der Waals surface area contributed by atoms with Crippen LogP contribution in [-0.4, -0.2) is 39.1 Å². The lowest BCUT2D eigenvalue weighted by atomic mass is 9.89. The number of carbonyl (C=O) groups is 2. The van der Waals surface area contributed by atoms with Crippen molar-refractivity contribution in [2.75, 3.05) is 37.9 Å². The Kier molecular flexibility index (Phi) is 8.10. The number of methoxy groups -OCH3 is 2. The van der Waals surface area contributed by atoms with E-state index in [0.717, 1.165) is 37.4 Å². The number of rotatable bonds is 9. The molecule has 190 valence electrons. The van der Waals surface area contributed by atoms with Crippen LogP contribution in [0.4, 0.5) is 11.4 Å². The lowest BCUT2D eigenvalue weighted by molar-refractivity contribution is -0.125. The van der Waals surface area contributed by atoms with Crippen LogP contribution in [0.3, 0.4) is 0 Å². The van der Waals surface area contributed by atoms with Gasteiger partial charge >= 0.3 is 0 Å². The lowest BCUT2D eigenvalue weighted by Crippen LogP contribution is -2.34. The Morgan fingerprint density at radius 3 is 2.36 bits per heavy atom. The summed E-state index contributed by atoms with van der Waals surface area (Å²) >= 11 is 0. The Morgan fingerprint density at radius 1 is 0.944 bits per heavy atom. The zero-order valence-corrected chi connectivity index (χ0v) is 20.5. The molecule has 1 saturated carbocycles. The molecule has 9 nitrogen and oxygen atoms in total. The molecule has 2 aromatic carbocycles. The van der Waals surface area contributed by atoms with Gasteiger partial charge < -0.3 is 29.8 Å². The second-order valence-corrected chi connectivity index (χ2v) is 8.76. The van der Waals surface area contributed by atoms with Crippen LogP contribution in [0.1, 0.15) is 42.7 Å².